The van der Waals surface area contributed by atoms with Crippen molar-refractivity contribution in [1.82, 2.24) is 9.80 Å². The van der Waals surface area contributed by atoms with Gasteiger partial charge in [0.1, 0.15) is 5.75 Å². The summed E-state index contributed by atoms with van der Waals surface area (Å²) in [4.78, 5) is 40.3. The highest BCUT2D eigenvalue weighted by molar-refractivity contribution is 6.06. The number of carbonyl (C=O) groups excluding carboxylic acids is 2. The number of carbonyl (C=O) groups is 2. The Morgan fingerprint density at radius 3 is 1.62 bits per heavy atom. The number of nitrogens with one attached hydrogen (secondary N) is 1. The van der Waals surface area contributed by atoms with Crippen molar-refractivity contribution in [3.8, 4) is 28.7 Å². The Kier molecular flexibility index (Phi) is 9.71. The van der Waals surface area contributed by atoms with E-state index in [1.54, 1.807) is 59.5 Å². The van der Waals surface area contributed by atoms with Gasteiger partial charge in [0.25, 0.3) is 11.8 Å². The zero-order valence-electron chi connectivity index (χ0n) is 30.8. The molecule has 12 nitrogen and oxygen atoms in total. The van der Waals surface area contributed by atoms with E-state index in [-0.39, 0.29) is 29.6 Å². The van der Waals surface area contributed by atoms with E-state index < -0.39 is 0 Å². The highest BCUT2D eigenvalue weighted by atomic mass is 16.5. The predicted molar refractivity (Wildman–Crippen MR) is 212 cm³/mol. The third-order valence-electron chi connectivity index (χ3n) is 10.1. The van der Waals surface area contributed by atoms with Crippen molar-refractivity contribution in [2.24, 2.45) is 9.98 Å². The molecule has 0 saturated carbocycles. The number of hydrogen-bond acceptors (Lipinski definition) is 10. The number of fused-ring (bicyclic) bond motifs is 4. The van der Waals surface area contributed by atoms with Crippen LogP contribution < -0.4 is 24.3 Å². The van der Waals surface area contributed by atoms with Crippen LogP contribution in [0, 0.1) is 0 Å². The average molecular weight is 740 g/mol. The van der Waals surface area contributed by atoms with E-state index in [0.717, 1.165) is 34.5 Å². The molecule has 2 atom stereocenters. The molecule has 0 fully saturated rings. The lowest BCUT2D eigenvalue weighted by molar-refractivity contribution is 0.0809. The van der Waals surface area contributed by atoms with Crippen LogP contribution in [0.25, 0.3) is 11.1 Å². The molecule has 4 aromatic rings. The van der Waals surface area contributed by atoms with Crippen molar-refractivity contribution in [3.63, 3.8) is 0 Å². The van der Waals surface area contributed by atoms with Gasteiger partial charge in [0.15, 0.2) is 23.0 Å². The van der Waals surface area contributed by atoms with Gasteiger partial charge in [0, 0.05) is 68.5 Å². The summed E-state index contributed by atoms with van der Waals surface area (Å²) >= 11 is 0. The fraction of sp³-hybridized carbons (Fsp3) is 0.256. The van der Waals surface area contributed by atoms with Gasteiger partial charge in [-0.25, -0.2) is 0 Å². The first-order valence-electron chi connectivity index (χ1n) is 18.3. The number of nitrogens with zero attached hydrogens (tertiary/aromatic N) is 4. The lowest BCUT2D eigenvalue weighted by Gasteiger charge is -2.19. The van der Waals surface area contributed by atoms with E-state index >= 15 is 0 Å². The molecule has 4 aliphatic heterocycles. The van der Waals surface area contributed by atoms with Crippen molar-refractivity contribution in [2.75, 3.05) is 39.3 Å². The summed E-state index contributed by atoms with van der Waals surface area (Å²) in [5.74, 6) is 1.66. The summed E-state index contributed by atoms with van der Waals surface area (Å²) in [5.41, 5.74) is 7.02. The Morgan fingerprint density at radius 2 is 1.16 bits per heavy atom. The molecule has 12 heteroatoms. The van der Waals surface area contributed by atoms with Gasteiger partial charge in [-0.2, -0.15) is 0 Å². The van der Waals surface area contributed by atoms with Gasteiger partial charge in [-0.05, 0) is 65.6 Å². The molecule has 0 bridgehead atoms. The van der Waals surface area contributed by atoms with Crippen molar-refractivity contribution in [1.29, 1.82) is 0 Å². The summed E-state index contributed by atoms with van der Waals surface area (Å²) in [7, 11) is 3.08. The predicted octanol–water partition coefficient (Wildman–Crippen LogP) is 7.63. The highest BCUT2D eigenvalue weighted by Gasteiger charge is 2.35. The Balaban J connectivity index is 0.904. The Morgan fingerprint density at radius 1 is 0.691 bits per heavy atom. The number of phenols is 1. The maximum Gasteiger partial charge on any atom is 0.260 e. The molecule has 2 N–H and O–H groups in total. The maximum atomic E-state index is 13.8. The molecule has 0 saturated heterocycles. The third kappa shape index (κ3) is 6.98. The maximum absolute atomic E-state index is 13.8. The minimum Gasteiger partial charge on any atom is -0.508 e. The van der Waals surface area contributed by atoms with Crippen LogP contribution in [0.1, 0.15) is 58.0 Å². The van der Waals surface area contributed by atoms with Gasteiger partial charge in [-0.3, -0.25) is 19.6 Å². The molecular formula is C43H41N5O7. The third-order valence-corrected chi connectivity index (χ3v) is 10.1. The molecule has 280 valence electrons. The number of anilines is 1. The van der Waals surface area contributed by atoms with E-state index in [0.29, 0.717) is 78.0 Å². The Hall–Kier alpha value is -6.56. The molecule has 0 aliphatic carbocycles. The van der Waals surface area contributed by atoms with Crippen LogP contribution in [-0.2, 0) is 0 Å². The first-order chi connectivity index (χ1) is 26.8. The molecule has 4 aliphatic rings. The van der Waals surface area contributed by atoms with Gasteiger partial charge >= 0.3 is 0 Å². The van der Waals surface area contributed by atoms with E-state index in [9.17, 15) is 14.7 Å². The second-order valence-corrected chi connectivity index (χ2v) is 13.6. The number of benzene rings is 4. The molecule has 0 spiro atoms. The molecular weight excluding hydrogens is 699 g/mol. The largest absolute Gasteiger partial charge is 0.508 e. The van der Waals surface area contributed by atoms with Crippen molar-refractivity contribution in [3.05, 3.63) is 107 Å². The Bertz CT molecular complexity index is 2260. The van der Waals surface area contributed by atoms with E-state index in [1.807, 2.05) is 42.9 Å². The molecule has 4 aromatic carbocycles. The van der Waals surface area contributed by atoms with Gasteiger partial charge in [-0.15, -0.1) is 0 Å². The zero-order valence-corrected chi connectivity index (χ0v) is 30.8. The molecule has 8 rings (SSSR count). The summed E-state index contributed by atoms with van der Waals surface area (Å²) in [6.45, 7) is 3.52. The number of phenolic OH excluding ortho intramolecular Hbond substituents is 1. The van der Waals surface area contributed by atoms with Crippen molar-refractivity contribution >= 4 is 52.5 Å². The molecule has 55 heavy (non-hydrogen) atoms. The zero-order chi connectivity index (χ0) is 38.1. The summed E-state index contributed by atoms with van der Waals surface area (Å²) in [6, 6.07) is 21.6. The molecule has 0 radical (unpaired) electrons. The number of aromatic hydroxyl groups is 1. The van der Waals surface area contributed by atoms with Gasteiger partial charge in [0.2, 0.25) is 0 Å². The minimum absolute atomic E-state index is 0.147. The summed E-state index contributed by atoms with van der Waals surface area (Å²) in [5, 5.41) is 13.0. The van der Waals surface area contributed by atoms with Crippen molar-refractivity contribution in [2.45, 2.75) is 38.3 Å². The number of ether oxygens (including phenoxy) is 4. The van der Waals surface area contributed by atoms with Crippen molar-refractivity contribution < 1.29 is 33.6 Å². The number of methoxy groups -OCH3 is 2. The quantitative estimate of drug-likeness (QED) is 0.142. The summed E-state index contributed by atoms with van der Waals surface area (Å²) < 4.78 is 23.5. The highest BCUT2D eigenvalue weighted by Crippen LogP contribution is 2.42. The first-order valence-corrected chi connectivity index (χ1v) is 18.3. The standard InChI is InChI=1S/C43H41N5O7/c1-4-44-30-10-6-26(7-11-30)28-16-31-22-45-36-20-40(38(52-2)18-34(36)42(50)47(31)24-28)54-14-5-15-55-41-21-37-35(19-39(41)53-3)43(51)48-25-29(17-32(48)23-46-37)27-8-12-33(49)13-9-27/h6-13,18-25,31-32,44,49H,4-5,14-17H2,1-3H3/t31-,32-/m0/s1. The van der Waals surface area contributed by atoms with Gasteiger partial charge < -0.3 is 39.2 Å². The number of hydrogen-bond donors (Lipinski definition) is 2. The minimum atomic E-state index is -0.233. The summed E-state index contributed by atoms with van der Waals surface area (Å²) in [6.07, 6.45) is 9.18. The molecule has 0 unspecified atom stereocenters. The second kappa shape index (κ2) is 15.1. The number of rotatable bonds is 12. The van der Waals surface area contributed by atoms with Crippen LogP contribution in [0.5, 0.6) is 28.7 Å². The van der Waals surface area contributed by atoms with E-state index in [2.05, 4.69) is 29.4 Å². The fourth-order valence-corrected chi connectivity index (χ4v) is 7.25. The van der Waals surface area contributed by atoms with Crippen LogP contribution in [0.4, 0.5) is 17.1 Å². The number of amides is 2. The Labute approximate surface area is 319 Å². The molecule has 4 heterocycles. The second-order valence-electron chi connectivity index (χ2n) is 13.6. The molecule has 2 amide bonds. The van der Waals surface area contributed by atoms with Crippen LogP contribution in [0.15, 0.2) is 95.2 Å². The topological polar surface area (TPSA) is 135 Å². The van der Waals surface area contributed by atoms with Crippen LogP contribution in [0.3, 0.4) is 0 Å². The van der Waals surface area contributed by atoms with E-state index in [1.165, 1.54) is 7.11 Å². The van der Waals surface area contributed by atoms with Crippen LogP contribution >= 0.6 is 0 Å². The normalized spacial score (nSPS) is 18.0. The monoisotopic (exact) mass is 739 g/mol. The van der Waals surface area contributed by atoms with Gasteiger partial charge in [-0.1, -0.05) is 24.3 Å². The van der Waals surface area contributed by atoms with Gasteiger partial charge in [0.05, 0.1) is 62.0 Å². The first kappa shape index (κ1) is 35.5. The van der Waals surface area contributed by atoms with Crippen LogP contribution in [0.2, 0.25) is 0 Å². The number of aliphatic imine (C=N–C) groups is 2. The molecule has 0 aromatic heterocycles. The van der Waals surface area contributed by atoms with Crippen LogP contribution in [-0.4, -0.2) is 85.2 Å². The smallest absolute Gasteiger partial charge is 0.260 e. The SMILES string of the molecule is CCNc1ccc(C2=CN3C(=O)c4cc(OC)c(OCCCOc5cc6c(cc5OC)C(=O)N5C=C(c7ccc(O)cc7)C[C@H]5C=N6)cc4N=C[C@@H]3C2)cc1. The van der Waals surface area contributed by atoms with E-state index in [4.69, 9.17) is 23.9 Å². The lowest BCUT2D eigenvalue weighted by Crippen LogP contribution is -2.32. The lowest BCUT2D eigenvalue weighted by atomic mass is 10.0. The average Bonchev–Trinajstić information content (AvgIpc) is 3.78. The fourth-order valence-electron chi connectivity index (χ4n) is 7.25.